The molecule has 0 bridgehead atoms. The smallest absolute Gasteiger partial charge is 0.291 e. The number of amides is 2. The largest absolute Gasteiger partial charge is 0.356 e. The molecule has 1 aromatic carbocycles. The van der Waals surface area contributed by atoms with Crippen molar-refractivity contribution in [2.45, 2.75) is 0 Å². The van der Waals surface area contributed by atoms with Crippen LogP contribution >= 0.6 is 27.5 Å². The third kappa shape index (κ3) is 3.47. The van der Waals surface area contributed by atoms with Gasteiger partial charge in [0.2, 0.25) is 0 Å². The number of rotatable bonds is 3. The second-order valence-electron chi connectivity index (χ2n) is 4.64. The zero-order valence-electron chi connectivity index (χ0n) is 12.0. The molecule has 3 aromatic rings. The van der Waals surface area contributed by atoms with Crippen LogP contribution in [0.4, 0.5) is 0 Å². The van der Waals surface area contributed by atoms with Gasteiger partial charge in [0.25, 0.3) is 11.8 Å². The molecule has 2 heterocycles. The number of H-pyrrole nitrogens is 1. The van der Waals surface area contributed by atoms with Gasteiger partial charge in [-0.2, -0.15) is 0 Å². The molecule has 0 spiro atoms. The minimum Gasteiger partial charge on any atom is -0.356 e. The summed E-state index contributed by atoms with van der Waals surface area (Å²) in [6, 6.07) is 8.59. The van der Waals surface area contributed by atoms with Crippen molar-refractivity contribution in [2.24, 2.45) is 0 Å². The zero-order chi connectivity index (χ0) is 17.1. The van der Waals surface area contributed by atoms with Crippen LogP contribution < -0.4 is 10.9 Å². The average molecular weight is 410 g/mol. The Morgan fingerprint density at radius 3 is 2.67 bits per heavy atom. The first-order chi connectivity index (χ1) is 11.5. The van der Waals surface area contributed by atoms with E-state index in [4.69, 9.17) is 11.6 Å². The molecule has 2 amide bonds. The predicted molar refractivity (Wildman–Crippen MR) is 89.8 cm³/mol. The maximum absolute atomic E-state index is 12.0. The highest BCUT2D eigenvalue weighted by molar-refractivity contribution is 9.10. The third-order valence-electron chi connectivity index (χ3n) is 3.01. The molecule has 2 aromatic heterocycles. The number of hydrogen-bond donors (Lipinski definition) is 3. The van der Waals surface area contributed by atoms with Crippen molar-refractivity contribution in [3.63, 3.8) is 0 Å². The normalized spacial score (nSPS) is 10.4. The van der Waals surface area contributed by atoms with Crippen LogP contribution in [0.15, 0.2) is 47.2 Å². The van der Waals surface area contributed by atoms with E-state index >= 15 is 0 Å². The highest BCUT2D eigenvalue weighted by Gasteiger charge is 2.14. The van der Waals surface area contributed by atoms with Gasteiger partial charge in [0.1, 0.15) is 5.69 Å². The summed E-state index contributed by atoms with van der Waals surface area (Å²) in [5.74, 6) is -1.10. The molecule has 0 saturated heterocycles. The zero-order valence-corrected chi connectivity index (χ0v) is 14.3. The van der Waals surface area contributed by atoms with E-state index in [1.165, 1.54) is 10.9 Å². The van der Waals surface area contributed by atoms with Crippen molar-refractivity contribution >= 4 is 39.3 Å². The SMILES string of the molecule is O=C(NNC(=O)c1cc(Br)c[nH]1)c1cn(-c2ccccc2Cl)nn1. The summed E-state index contributed by atoms with van der Waals surface area (Å²) in [6.45, 7) is 0. The molecular weight excluding hydrogens is 400 g/mol. The molecule has 0 radical (unpaired) electrons. The fourth-order valence-corrected chi connectivity index (χ4v) is 2.43. The van der Waals surface area contributed by atoms with E-state index < -0.39 is 11.8 Å². The number of benzene rings is 1. The van der Waals surface area contributed by atoms with Crippen molar-refractivity contribution in [1.29, 1.82) is 0 Å². The number of nitrogens with zero attached hydrogens (tertiary/aromatic N) is 3. The Labute approximate surface area is 149 Å². The number of hydrazine groups is 1. The van der Waals surface area contributed by atoms with Gasteiger partial charge in [0, 0.05) is 10.7 Å². The van der Waals surface area contributed by atoms with Gasteiger partial charge >= 0.3 is 0 Å². The molecule has 122 valence electrons. The minimum atomic E-state index is -0.604. The van der Waals surface area contributed by atoms with Crippen molar-refractivity contribution in [2.75, 3.05) is 0 Å². The van der Waals surface area contributed by atoms with E-state index in [-0.39, 0.29) is 5.69 Å². The molecule has 0 saturated carbocycles. The number of aromatic nitrogens is 4. The molecule has 24 heavy (non-hydrogen) atoms. The Morgan fingerprint density at radius 2 is 1.96 bits per heavy atom. The Bertz CT molecular complexity index is 906. The molecule has 0 aliphatic heterocycles. The van der Waals surface area contributed by atoms with Gasteiger partial charge in [0.15, 0.2) is 5.69 Å². The summed E-state index contributed by atoms with van der Waals surface area (Å²) in [7, 11) is 0. The van der Waals surface area contributed by atoms with Gasteiger partial charge in [-0.25, -0.2) is 4.68 Å². The van der Waals surface area contributed by atoms with E-state index in [9.17, 15) is 9.59 Å². The summed E-state index contributed by atoms with van der Waals surface area (Å²) in [5.41, 5.74) is 5.45. The second-order valence-corrected chi connectivity index (χ2v) is 5.96. The lowest BCUT2D eigenvalue weighted by atomic mass is 10.3. The Kier molecular flexibility index (Phi) is 4.63. The van der Waals surface area contributed by atoms with Gasteiger partial charge in [-0.15, -0.1) is 5.10 Å². The molecule has 0 unspecified atom stereocenters. The quantitative estimate of drug-likeness (QED) is 0.576. The van der Waals surface area contributed by atoms with Crippen LogP contribution in [-0.2, 0) is 0 Å². The number of carbonyl (C=O) groups is 2. The minimum absolute atomic E-state index is 0.0304. The average Bonchev–Trinajstić information content (AvgIpc) is 3.22. The molecule has 0 aliphatic carbocycles. The molecule has 0 fully saturated rings. The van der Waals surface area contributed by atoms with Gasteiger partial charge in [-0.05, 0) is 34.1 Å². The van der Waals surface area contributed by atoms with Crippen LogP contribution in [0.2, 0.25) is 5.02 Å². The standard InChI is InChI=1S/C14H10BrClN6O2/c15-8-5-10(17-6-8)13(23)19-20-14(24)11-7-22(21-18-11)12-4-2-1-3-9(12)16/h1-7,17H,(H,19,23)(H,20,24). The summed E-state index contributed by atoms with van der Waals surface area (Å²) in [4.78, 5) is 26.6. The molecule has 0 atom stereocenters. The number of hydrogen-bond acceptors (Lipinski definition) is 4. The number of aromatic amines is 1. The van der Waals surface area contributed by atoms with Gasteiger partial charge in [-0.3, -0.25) is 20.4 Å². The summed E-state index contributed by atoms with van der Waals surface area (Å²) in [6.07, 6.45) is 3.01. The Hall–Kier alpha value is -2.65. The lowest BCUT2D eigenvalue weighted by molar-refractivity contribution is 0.0841. The van der Waals surface area contributed by atoms with Gasteiger partial charge in [0.05, 0.1) is 16.9 Å². The van der Waals surface area contributed by atoms with Crippen molar-refractivity contribution in [3.8, 4) is 5.69 Å². The van der Waals surface area contributed by atoms with Crippen LogP contribution in [-0.4, -0.2) is 31.8 Å². The maximum atomic E-state index is 12.0. The van der Waals surface area contributed by atoms with E-state index in [2.05, 4.69) is 42.1 Å². The van der Waals surface area contributed by atoms with Crippen molar-refractivity contribution < 1.29 is 9.59 Å². The molecule has 10 heteroatoms. The van der Waals surface area contributed by atoms with E-state index in [1.54, 1.807) is 36.5 Å². The highest BCUT2D eigenvalue weighted by atomic mass is 79.9. The fraction of sp³-hybridized carbons (Fsp3) is 0. The summed E-state index contributed by atoms with van der Waals surface area (Å²) in [5, 5.41) is 8.09. The van der Waals surface area contributed by atoms with E-state index in [0.29, 0.717) is 16.4 Å². The lowest BCUT2D eigenvalue weighted by Gasteiger charge is -2.04. The van der Waals surface area contributed by atoms with Gasteiger partial charge in [-0.1, -0.05) is 28.9 Å². The summed E-state index contributed by atoms with van der Waals surface area (Å²) >= 11 is 9.28. The second kappa shape index (κ2) is 6.85. The van der Waals surface area contributed by atoms with Crippen LogP contribution in [0.5, 0.6) is 0 Å². The Balaban J connectivity index is 1.66. The predicted octanol–water partition coefficient (Wildman–Crippen LogP) is 2.09. The maximum Gasteiger partial charge on any atom is 0.291 e. The van der Waals surface area contributed by atoms with Crippen LogP contribution in [0.1, 0.15) is 21.0 Å². The van der Waals surface area contributed by atoms with Crippen LogP contribution in [0, 0.1) is 0 Å². The topological polar surface area (TPSA) is 105 Å². The van der Waals surface area contributed by atoms with E-state index in [0.717, 1.165) is 4.47 Å². The first-order valence-electron chi connectivity index (χ1n) is 6.66. The number of carbonyl (C=O) groups excluding carboxylic acids is 2. The molecule has 0 aliphatic rings. The fourth-order valence-electron chi connectivity index (χ4n) is 1.87. The first kappa shape index (κ1) is 16.2. The van der Waals surface area contributed by atoms with E-state index in [1.807, 2.05) is 0 Å². The molecule has 3 N–H and O–H groups in total. The molecular formula is C14H10BrClN6O2. The van der Waals surface area contributed by atoms with Gasteiger partial charge < -0.3 is 4.98 Å². The number of nitrogens with one attached hydrogen (secondary N) is 3. The lowest BCUT2D eigenvalue weighted by Crippen LogP contribution is -2.41. The Morgan fingerprint density at radius 1 is 1.21 bits per heavy atom. The monoisotopic (exact) mass is 408 g/mol. The van der Waals surface area contributed by atoms with Crippen LogP contribution in [0.3, 0.4) is 0 Å². The molecule has 3 rings (SSSR count). The highest BCUT2D eigenvalue weighted by Crippen LogP contribution is 2.18. The van der Waals surface area contributed by atoms with Crippen molar-refractivity contribution in [1.82, 2.24) is 30.8 Å². The third-order valence-corrected chi connectivity index (χ3v) is 3.78. The summed E-state index contributed by atoms with van der Waals surface area (Å²) < 4.78 is 2.10. The first-order valence-corrected chi connectivity index (χ1v) is 7.83. The molecule has 8 nitrogen and oxygen atoms in total. The van der Waals surface area contributed by atoms with Crippen LogP contribution in [0.25, 0.3) is 5.69 Å². The number of para-hydroxylation sites is 1. The number of halogens is 2. The van der Waals surface area contributed by atoms with Crippen molar-refractivity contribution in [3.05, 3.63) is 63.6 Å².